The highest BCUT2D eigenvalue weighted by molar-refractivity contribution is 6.30. The number of hydrogen-bond donors (Lipinski definition) is 0. The van der Waals surface area contributed by atoms with Crippen molar-refractivity contribution in [2.75, 3.05) is 6.54 Å². The van der Waals surface area contributed by atoms with Gasteiger partial charge in [-0.15, -0.1) is 0 Å². The molecule has 0 unspecified atom stereocenters. The van der Waals surface area contributed by atoms with E-state index in [1.165, 1.54) is 6.07 Å². The number of hydrogen-bond acceptors (Lipinski definition) is 1. The first-order valence-electron chi connectivity index (χ1n) is 8.54. The van der Waals surface area contributed by atoms with Gasteiger partial charge in [-0.2, -0.15) is 0 Å². The molecule has 130 valence electrons. The maximum atomic E-state index is 14.6. The van der Waals surface area contributed by atoms with Crippen LogP contribution < -0.4 is 0 Å². The predicted molar refractivity (Wildman–Crippen MR) is 101 cm³/mol. The lowest BCUT2D eigenvalue weighted by molar-refractivity contribution is 0.0692. The highest BCUT2D eigenvalue weighted by Crippen LogP contribution is 2.37. The lowest BCUT2D eigenvalue weighted by Crippen LogP contribution is -2.41. The van der Waals surface area contributed by atoms with Gasteiger partial charge < -0.3 is 4.90 Å². The summed E-state index contributed by atoms with van der Waals surface area (Å²) in [4.78, 5) is 14.9. The van der Waals surface area contributed by atoms with Crippen molar-refractivity contribution in [3.8, 4) is 0 Å². The molecular formula is C22H17ClFNO. The molecule has 0 spiro atoms. The van der Waals surface area contributed by atoms with Crippen LogP contribution in [0.3, 0.4) is 0 Å². The van der Waals surface area contributed by atoms with Gasteiger partial charge in [-0.25, -0.2) is 4.39 Å². The van der Waals surface area contributed by atoms with E-state index in [-0.39, 0.29) is 11.7 Å². The van der Waals surface area contributed by atoms with Gasteiger partial charge in [0.1, 0.15) is 5.82 Å². The van der Waals surface area contributed by atoms with E-state index in [9.17, 15) is 9.18 Å². The quantitative estimate of drug-likeness (QED) is 0.606. The lowest BCUT2D eigenvalue weighted by atomic mass is 9.87. The second kappa shape index (κ2) is 6.93. The van der Waals surface area contributed by atoms with Gasteiger partial charge in [0, 0.05) is 22.7 Å². The molecule has 3 aromatic rings. The summed E-state index contributed by atoms with van der Waals surface area (Å²) < 4.78 is 14.6. The van der Waals surface area contributed by atoms with E-state index in [1.807, 2.05) is 24.3 Å². The zero-order chi connectivity index (χ0) is 18.1. The Morgan fingerprint density at radius 2 is 1.58 bits per heavy atom. The number of amides is 1. The van der Waals surface area contributed by atoms with E-state index in [0.717, 1.165) is 17.5 Å². The molecule has 1 atom stereocenters. The van der Waals surface area contributed by atoms with E-state index in [0.29, 0.717) is 22.7 Å². The minimum atomic E-state index is -0.440. The summed E-state index contributed by atoms with van der Waals surface area (Å²) in [6, 6.07) is 21.0. The monoisotopic (exact) mass is 365 g/mol. The second-order valence-corrected chi connectivity index (χ2v) is 6.81. The van der Waals surface area contributed by atoms with E-state index in [1.54, 1.807) is 47.4 Å². The van der Waals surface area contributed by atoms with Crippen molar-refractivity contribution in [1.29, 1.82) is 0 Å². The molecule has 26 heavy (non-hydrogen) atoms. The number of nitrogens with zero attached hydrogens (tertiary/aromatic N) is 1. The van der Waals surface area contributed by atoms with E-state index < -0.39 is 6.04 Å². The van der Waals surface area contributed by atoms with Crippen molar-refractivity contribution in [1.82, 2.24) is 4.90 Å². The lowest BCUT2D eigenvalue weighted by Gasteiger charge is -2.38. The van der Waals surface area contributed by atoms with Gasteiger partial charge in [0.2, 0.25) is 0 Å². The third kappa shape index (κ3) is 2.99. The summed E-state index contributed by atoms with van der Waals surface area (Å²) in [7, 11) is 0. The van der Waals surface area contributed by atoms with Gasteiger partial charge in [-0.3, -0.25) is 4.79 Å². The Hall–Kier alpha value is -2.65. The van der Waals surface area contributed by atoms with Crippen LogP contribution in [0, 0.1) is 5.82 Å². The SMILES string of the molecule is O=C(c1ccc(Cl)cc1)N1CCc2ccccc2[C@H]1c1ccccc1F. The van der Waals surface area contributed by atoms with Gasteiger partial charge in [-0.05, 0) is 47.9 Å². The Morgan fingerprint density at radius 3 is 2.31 bits per heavy atom. The van der Waals surface area contributed by atoms with Gasteiger partial charge in [-0.1, -0.05) is 54.1 Å². The van der Waals surface area contributed by atoms with Crippen LogP contribution in [0.1, 0.15) is 33.1 Å². The molecule has 4 heteroatoms. The Labute approximate surface area is 156 Å². The average Bonchev–Trinajstić information content (AvgIpc) is 2.68. The average molecular weight is 366 g/mol. The summed E-state index contributed by atoms with van der Waals surface area (Å²) in [6.07, 6.45) is 0.750. The highest BCUT2D eigenvalue weighted by atomic mass is 35.5. The van der Waals surface area contributed by atoms with Gasteiger partial charge in [0.15, 0.2) is 0 Å². The molecule has 3 aromatic carbocycles. The Bertz CT molecular complexity index is 954. The smallest absolute Gasteiger partial charge is 0.254 e. The summed E-state index contributed by atoms with van der Waals surface area (Å²) in [5.74, 6) is -0.424. The Balaban J connectivity index is 1.82. The van der Waals surface area contributed by atoms with E-state index in [4.69, 9.17) is 11.6 Å². The number of carbonyl (C=O) groups excluding carboxylic acids is 1. The highest BCUT2D eigenvalue weighted by Gasteiger charge is 2.33. The van der Waals surface area contributed by atoms with Crippen LogP contribution in [-0.2, 0) is 6.42 Å². The third-order valence-corrected chi connectivity index (χ3v) is 5.09. The summed E-state index contributed by atoms with van der Waals surface area (Å²) in [5.41, 5.74) is 3.20. The zero-order valence-electron chi connectivity index (χ0n) is 14.0. The molecule has 0 radical (unpaired) electrons. The number of carbonyl (C=O) groups is 1. The number of benzene rings is 3. The van der Waals surface area contributed by atoms with Gasteiger partial charge >= 0.3 is 0 Å². The van der Waals surface area contributed by atoms with Crippen LogP contribution >= 0.6 is 11.6 Å². The maximum Gasteiger partial charge on any atom is 0.254 e. The molecule has 0 N–H and O–H groups in total. The normalized spacial score (nSPS) is 16.2. The minimum absolute atomic E-state index is 0.121. The standard InChI is InChI=1S/C22H17ClFNO/c23-17-11-9-16(10-12-17)22(26)25-14-13-15-5-1-2-6-18(15)21(25)19-7-3-4-8-20(19)24/h1-12,21H,13-14H2/t21-/m0/s1. The van der Waals surface area contributed by atoms with E-state index >= 15 is 0 Å². The van der Waals surface area contributed by atoms with Crippen molar-refractivity contribution in [2.45, 2.75) is 12.5 Å². The first kappa shape index (κ1) is 16.8. The largest absolute Gasteiger partial charge is 0.327 e. The fourth-order valence-electron chi connectivity index (χ4n) is 3.58. The maximum absolute atomic E-state index is 14.6. The van der Waals surface area contributed by atoms with Crippen LogP contribution in [0.4, 0.5) is 4.39 Å². The predicted octanol–water partition coefficient (Wildman–Crippen LogP) is 5.27. The fourth-order valence-corrected chi connectivity index (χ4v) is 3.70. The molecule has 2 nitrogen and oxygen atoms in total. The van der Waals surface area contributed by atoms with Gasteiger partial charge in [0.25, 0.3) is 5.91 Å². The second-order valence-electron chi connectivity index (χ2n) is 6.38. The molecule has 0 aromatic heterocycles. The molecule has 0 saturated heterocycles. The van der Waals surface area contributed by atoms with Crippen LogP contribution in [0.15, 0.2) is 72.8 Å². The van der Waals surface area contributed by atoms with Gasteiger partial charge in [0.05, 0.1) is 6.04 Å². The van der Waals surface area contributed by atoms with Crippen LogP contribution in [0.25, 0.3) is 0 Å². The summed E-state index contributed by atoms with van der Waals surface area (Å²) in [6.45, 7) is 0.539. The Kier molecular flexibility index (Phi) is 4.48. The first-order valence-corrected chi connectivity index (χ1v) is 8.92. The molecular weight excluding hydrogens is 349 g/mol. The molecule has 1 amide bonds. The fraction of sp³-hybridized carbons (Fsp3) is 0.136. The molecule has 1 aliphatic heterocycles. The van der Waals surface area contributed by atoms with Crippen molar-refractivity contribution < 1.29 is 9.18 Å². The summed E-state index contributed by atoms with van der Waals surface area (Å²) in [5, 5.41) is 0.580. The topological polar surface area (TPSA) is 20.3 Å². The molecule has 0 saturated carbocycles. The van der Waals surface area contributed by atoms with Crippen molar-refractivity contribution in [3.63, 3.8) is 0 Å². The summed E-state index contributed by atoms with van der Waals surface area (Å²) >= 11 is 5.94. The Morgan fingerprint density at radius 1 is 0.923 bits per heavy atom. The van der Waals surface area contributed by atoms with Crippen molar-refractivity contribution in [2.24, 2.45) is 0 Å². The zero-order valence-corrected chi connectivity index (χ0v) is 14.8. The van der Waals surface area contributed by atoms with Crippen molar-refractivity contribution in [3.05, 3.63) is 106 Å². The van der Waals surface area contributed by atoms with Crippen LogP contribution in [-0.4, -0.2) is 17.4 Å². The van der Waals surface area contributed by atoms with Crippen LogP contribution in [0.2, 0.25) is 5.02 Å². The molecule has 0 aliphatic carbocycles. The molecule has 4 rings (SSSR count). The number of rotatable bonds is 2. The van der Waals surface area contributed by atoms with E-state index in [2.05, 4.69) is 0 Å². The number of halogens is 2. The van der Waals surface area contributed by atoms with Crippen LogP contribution in [0.5, 0.6) is 0 Å². The first-order chi connectivity index (χ1) is 12.6. The molecule has 0 bridgehead atoms. The molecule has 0 fully saturated rings. The minimum Gasteiger partial charge on any atom is -0.327 e. The van der Waals surface area contributed by atoms with Crippen molar-refractivity contribution >= 4 is 17.5 Å². The number of fused-ring (bicyclic) bond motifs is 1. The third-order valence-electron chi connectivity index (χ3n) is 4.84. The molecule has 1 aliphatic rings. The molecule has 1 heterocycles.